The Labute approximate surface area is 128 Å². The van der Waals surface area contributed by atoms with Crippen LogP contribution in [0.25, 0.3) is 0 Å². The second-order valence-corrected chi connectivity index (χ2v) is 5.69. The normalized spacial score (nSPS) is 10.3. The molecule has 21 heavy (non-hydrogen) atoms. The molecule has 0 fully saturated rings. The Morgan fingerprint density at radius 1 is 1.38 bits per heavy atom. The van der Waals surface area contributed by atoms with Crippen LogP contribution in [-0.2, 0) is 11.2 Å². The molecule has 0 aliphatic rings. The molecular weight excluding hydrogens is 286 g/mol. The number of hydrogen-bond donors (Lipinski definition) is 2. The Hall–Kier alpha value is -2.08. The summed E-state index contributed by atoms with van der Waals surface area (Å²) in [5.41, 5.74) is 7.30. The minimum atomic E-state index is -0.0163. The van der Waals surface area contributed by atoms with Gasteiger partial charge in [-0.05, 0) is 31.2 Å². The molecule has 0 bridgehead atoms. The third kappa shape index (κ3) is 5.43. The summed E-state index contributed by atoms with van der Waals surface area (Å²) in [4.78, 5) is 16.0. The number of nitrogen functional groups attached to an aromatic ring is 1. The summed E-state index contributed by atoms with van der Waals surface area (Å²) in [5, 5.41) is 5.93. The van der Waals surface area contributed by atoms with Crippen LogP contribution < -0.4 is 15.8 Å². The Bertz CT molecular complexity index is 581. The molecule has 0 atom stereocenters. The van der Waals surface area contributed by atoms with Gasteiger partial charge in [-0.3, -0.25) is 4.79 Å². The van der Waals surface area contributed by atoms with E-state index in [4.69, 9.17) is 10.5 Å². The lowest BCUT2D eigenvalue weighted by atomic mass is 10.3. The molecule has 1 amide bonds. The molecule has 0 saturated heterocycles. The first kappa shape index (κ1) is 15.3. The smallest absolute Gasteiger partial charge is 0.223 e. The predicted molar refractivity (Wildman–Crippen MR) is 84.5 cm³/mol. The van der Waals surface area contributed by atoms with E-state index in [1.807, 2.05) is 12.3 Å². The highest BCUT2D eigenvalue weighted by molar-refractivity contribution is 7.09. The maximum absolute atomic E-state index is 11.7. The molecule has 0 aliphatic heterocycles. The fourth-order valence-electron chi connectivity index (χ4n) is 1.77. The van der Waals surface area contributed by atoms with Crippen LogP contribution in [0.1, 0.15) is 17.1 Å². The number of aromatic nitrogens is 1. The van der Waals surface area contributed by atoms with E-state index in [9.17, 15) is 4.79 Å². The number of anilines is 1. The highest BCUT2D eigenvalue weighted by Gasteiger charge is 2.03. The van der Waals surface area contributed by atoms with E-state index in [0.29, 0.717) is 25.3 Å². The van der Waals surface area contributed by atoms with Crippen molar-refractivity contribution in [3.05, 3.63) is 40.3 Å². The Morgan fingerprint density at radius 3 is 2.81 bits per heavy atom. The lowest BCUT2D eigenvalue weighted by Crippen LogP contribution is -2.27. The van der Waals surface area contributed by atoms with Gasteiger partial charge in [-0.25, -0.2) is 4.98 Å². The van der Waals surface area contributed by atoms with E-state index >= 15 is 0 Å². The Balaban J connectivity index is 1.60. The van der Waals surface area contributed by atoms with Gasteiger partial charge in [0.2, 0.25) is 5.91 Å². The highest BCUT2D eigenvalue weighted by Crippen LogP contribution is 2.13. The minimum absolute atomic E-state index is 0.0163. The number of nitrogens with zero attached hydrogens (tertiary/aromatic N) is 1. The van der Waals surface area contributed by atoms with Gasteiger partial charge in [0.25, 0.3) is 0 Å². The fraction of sp³-hybridized carbons (Fsp3) is 0.333. The standard InChI is InChI=1S/C15H19N3O2S/c1-11-18-13(10-21-11)6-8-17-15(19)7-9-20-14-4-2-12(16)3-5-14/h2-5,10H,6-9,16H2,1H3,(H,17,19). The number of aryl methyl sites for hydroxylation is 1. The van der Waals surface area contributed by atoms with Crippen molar-refractivity contribution in [3.8, 4) is 5.75 Å². The SMILES string of the molecule is Cc1nc(CCNC(=O)CCOc2ccc(N)cc2)cs1. The average molecular weight is 305 g/mol. The number of nitrogens with one attached hydrogen (secondary N) is 1. The van der Waals surface area contributed by atoms with Crippen molar-refractivity contribution >= 4 is 22.9 Å². The van der Waals surface area contributed by atoms with Crippen molar-refractivity contribution in [2.24, 2.45) is 0 Å². The van der Waals surface area contributed by atoms with Gasteiger partial charge in [0.15, 0.2) is 0 Å². The first-order valence-corrected chi connectivity index (χ1v) is 7.67. The zero-order chi connectivity index (χ0) is 15.1. The number of carbonyl (C=O) groups excluding carboxylic acids is 1. The summed E-state index contributed by atoms with van der Waals surface area (Å²) in [6.07, 6.45) is 1.09. The van der Waals surface area contributed by atoms with Gasteiger partial charge in [-0.1, -0.05) is 0 Å². The van der Waals surface area contributed by atoms with Crippen LogP contribution in [0.4, 0.5) is 5.69 Å². The number of hydrogen-bond acceptors (Lipinski definition) is 5. The lowest BCUT2D eigenvalue weighted by Gasteiger charge is -2.07. The average Bonchev–Trinajstić information content (AvgIpc) is 2.87. The van der Waals surface area contributed by atoms with Crippen LogP contribution >= 0.6 is 11.3 Å². The quantitative estimate of drug-likeness (QED) is 0.769. The number of benzene rings is 1. The van der Waals surface area contributed by atoms with Crippen LogP contribution in [-0.4, -0.2) is 24.0 Å². The number of ether oxygens (including phenoxy) is 1. The molecule has 3 N–H and O–H groups in total. The lowest BCUT2D eigenvalue weighted by molar-refractivity contribution is -0.121. The summed E-state index contributed by atoms with van der Waals surface area (Å²) in [6, 6.07) is 7.12. The summed E-state index contributed by atoms with van der Waals surface area (Å²) >= 11 is 1.62. The molecule has 0 aliphatic carbocycles. The van der Waals surface area contributed by atoms with Crippen molar-refractivity contribution in [3.63, 3.8) is 0 Å². The van der Waals surface area contributed by atoms with Crippen molar-refractivity contribution in [1.82, 2.24) is 10.3 Å². The predicted octanol–water partition coefficient (Wildman–Crippen LogP) is 2.16. The van der Waals surface area contributed by atoms with E-state index < -0.39 is 0 Å². The molecule has 2 aromatic rings. The van der Waals surface area contributed by atoms with Crippen molar-refractivity contribution in [1.29, 1.82) is 0 Å². The van der Waals surface area contributed by atoms with E-state index in [2.05, 4.69) is 10.3 Å². The summed E-state index contributed by atoms with van der Waals surface area (Å²) < 4.78 is 5.47. The van der Waals surface area contributed by atoms with Crippen LogP contribution in [0.2, 0.25) is 0 Å². The summed E-state index contributed by atoms with van der Waals surface area (Å²) in [6.45, 7) is 2.93. The van der Waals surface area contributed by atoms with Gasteiger partial charge < -0.3 is 15.8 Å². The summed E-state index contributed by atoms with van der Waals surface area (Å²) in [5.74, 6) is 0.701. The summed E-state index contributed by atoms with van der Waals surface area (Å²) in [7, 11) is 0. The maximum Gasteiger partial charge on any atom is 0.223 e. The van der Waals surface area contributed by atoms with E-state index in [0.717, 1.165) is 22.9 Å². The van der Waals surface area contributed by atoms with E-state index in [-0.39, 0.29) is 5.91 Å². The van der Waals surface area contributed by atoms with E-state index in [1.165, 1.54) is 0 Å². The number of nitrogens with two attached hydrogens (primary N) is 1. The van der Waals surface area contributed by atoms with Gasteiger partial charge in [0.05, 0.1) is 23.7 Å². The Morgan fingerprint density at radius 2 is 2.14 bits per heavy atom. The van der Waals surface area contributed by atoms with Crippen LogP contribution in [0.5, 0.6) is 5.75 Å². The first-order valence-electron chi connectivity index (χ1n) is 6.79. The number of carbonyl (C=O) groups is 1. The van der Waals surface area contributed by atoms with Crippen LogP contribution in [0.3, 0.4) is 0 Å². The molecule has 1 aromatic heterocycles. The molecule has 0 saturated carbocycles. The zero-order valence-electron chi connectivity index (χ0n) is 12.0. The minimum Gasteiger partial charge on any atom is -0.493 e. The molecular formula is C15H19N3O2S. The number of rotatable bonds is 7. The number of thiazole rings is 1. The van der Waals surface area contributed by atoms with Crippen LogP contribution in [0.15, 0.2) is 29.6 Å². The zero-order valence-corrected chi connectivity index (χ0v) is 12.8. The molecule has 2 rings (SSSR count). The van der Waals surface area contributed by atoms with E-state index in [1.54, 1.807) is 35.6 Å². The molecule has 1 heterocycles. The topological polar surface area (TPSA) is 77.2 Å². The molecule has 0 radical (unpaired) electrons. The fourth-order valence-corrected chi connectivity index (χ4v) is 2.41. The molecule has 0 spiro atoms. The molecule has 6 heteroatoms. The second kappa shape index (κ2) is 7.64. The van der Waals surface area contributed by atoms with Gasteiger partial charge in [-0.2, -0.15) is 0 Å². The first-order chi connectivity index (χ1) is 10.1. The van der Waals surface area contributed by atoms with Gasteiger partial charge in [0, 0.05) is 24.0 Å². The van der Waals surface area contributed by atoms with Gasteiger partial charge in [0.1, 0.15) is 5.75 Å². The molecule has 0 unspecified atom stereocenters. The molecule has 1 aromatic carbocycles. The largest absolute Gasteiger partial charge is 0.493 e. The van der Waals surface area contributed by atoms with Crippen molar-refractivity contribution in [2.75, 3.05) is 18.9 Å². The van der Waals surface area contributed by atoms with Crippen LogP contribution in [0, 0.1) is 6.92 Å². The molecule has 112 valence electrons. The Kier molecular flexibility index (Phi) is 5.57. The molecule has 5 nitrogen and oxygen atoms in total. The highest BCUT2D eigenvalue weighted by atomic mass is 32.1. The third-order valence-corrected chi connectivity index (χ3v) is 3.67. The third-order valence-electron chi connectivity index (χ3n) is 2.85. The van der Waals surface area contributed by atoms with Crippen molar-refractivity contribution in [2.45, 2.75) is 19.8 Å². The van der Waals surface area contributed by atoms with Gasteiger partial charge in [-0.15, -0.1) is 11.3 Å². The number of amides is 1. The maximum atomic E-state index is 11.7. The monoisotopic (exact) mass is 305 g/mol. The second-order valence-electron chi connectivity index (χ2n) is 4.63. The van der Waals surface area contributed by atoms with Crippen molar-refractivity contribution < 1.29 is 9.53 Å². The van der Waals surface area contributed by atoms with Gasteiger partial charge >= 0.3 is 0 Å².